The minimum absolute atomic E-state index is 0.234. The minimum Gasteiger partial charge on any atom is -0.299 e. The van der Waals surface area contributed by atoms with Gasteiger partial charge in [-0.1, -0.05) is 6.42 Å². The van der Waals surface area contributed by atoms with Gasteiger partial charge < -0.3 is 0 Å². The first kappa shape index (κ1) is 7.01. The second-order valence-electron chi connectivity index (χ2n) is 3.39. The van der Waals surface area contributed by atoms with Crippen molar-refractivity contribution in [2.24, 2.45) is 10.9 Å². The summed E-state index contributed by atoms with van der Waals surface area (Å²) in [7, 11) is 0. The summed E-state index contributed by atoms with van der Waals surface area (Å²) in [6, 6.07) is 0. The van der Waals surface area contributed by atoms with Gasteiger partial charge in [0, 0.05) is 18.7 Å². The van der Waals surface area contributed by atoms with E-state index in [0.717, 1.165) is 19.4 Å². The van der Waals surface area contributed by atoms with Crippen LogP contribution in [0.25, 0.3) is 0 Å². The van der Waals surface area contributed by atoms with E-state index in [1.54, 1.807) is 0 Å². The van der Waals surface area contributed by atoms with Gasteiger partial charge >= 0.3 is 0 Å². The smallest absolute Gasteiger partial charge is 0.143 e. The molecule has 2 nitrogen and oxygen atoms in total. The number of carbonyl (C=O) groups is 1. The molecule has 1 atom stereocenters. The Morgan fingerprint density at radius 2 is 2.18 bits per heavy atom. The van der Waals surface area contributed by atoms with E-state index in [0.29, 0.717) is 12.2 Å². The molecule has 11 heavy (non-hydrogen) atoms. The largest absolute Gasteiger partial charge is 0.299 e. The molecule has 60 valence electrons. The van der Waals surface area contributed by atoms with Gasteiger partial charge in [-0.15, -0.1) is 0 Å². The molecule has 1 saturated carbocycles. The van der Waals surface area contributed by atoms with Gasteiger partial charge in [-0.05, 0) is 19.3 Å². The van der Waals surface area contributed by atoms with E-state index in [9.17, 15) is 4.79 Å². The lowest BCUT2D eigenvalue weighted by Gasteiger charge is -2.25. The van der Waals surface area contributed by atoms with E-state index in [-0.39, 0.29) is 5.92 Å². The van der Waals surface area contributed by atoms with E-state index >= 15 is 0 Å². The van der Waals surface area contributed by atoms with Crippen LogP contribution in [0, 0.1) is 5.92 Å². The molecule has 0 radical (unpaired) electrons. The molecule has 1 fully saturated rings. The average molecular weight is 151 g/mol. The highest BCUT2D eigenvalue weighted by atomic mass is 16.1. The van der Waals surface area contributed by atoms with Crippen LogP contribution >= 0.6 is 0 Å². The third kappa shape index (κ3) is 1.22. The molecule has 0 aromatic carbocycles. The van der Waals surface area contributed by atoms with Crippen molar-refractivity contribution in [2.45, 2.75) is 32.1 Å². The van der Waals surface area contributed by atoms with Crippen LogP contribution < -0.4 is 0 Å². The Hall–Kier alpha value is -0.660. The number of hydrogen-bond acceptors (Lipinski definition) is 2. The van der Waals surface area contributed by atoms with Gasteiger partial charge in [-0.3, -0.25) is 9.79 Å². The number of aliphatic imine (C=N–C) groups is 1. The molecular formula is C9H13NO. The highest BCUT2D eigenvalue weighted by molar-refractivity contribution is 6.07. The highest BCUT2D eigenvalue weighted by Crippen LogP contribution is 2.26. The van der Waals surface area contributed by atoms with Crippen LogP contribution in [0.4, 0.5) is 0 Å². The van der Waals surface area contributed by atoms with Crippen LogP contribution in [-0.2, 0) is 4.79 Å². The zero-order chi connectivity index (χ0) is 7.68. The van der Waals surface area contributed by atoms with Crippen molar-refractivity contribution in [3.8, 4) is 0 Å². The lowest BCUT2D eigenvalue weighted by atomic mass is 9.82. The van der Waals surface area contributed by atoms with Crippen molar-refractivity contribution in [3.05, 3.63) is 0 Å². The molecule has 1 aliphatic heterocycles. The predicted octanol–water partition coefficient (Wildman–Crippen LogP) is 1.59. The normalized spacial score (nSPS) is 31.1. The van der Waals surface area contributed by atoms with Crippen LogP contribution in [0.1, 0.15) is 32.1 Å². The van der Waals surface area contributed by atoms with E-state index < -0.39 is 0 Å². The molecule has 2 heteroatoms. The monoisotopic (exact) mass is 151 g/mol. The molecule has 0 N–H and O–H groups in total. The summed E-state index contributed by atoms with van der Waals surface area (Å²) < 4.78 is 0. The van der Waals surface area contributed by atoms with E-state index in [1.165, 1.54) is 18.6 Å². The summed E-state index contributed by atoms with van der Waals surface area (Å²) >= 11 is 0. The van der Waals surface area contributed by atoms with Gasteiger partial charge in [0.2, 0.25) is 0 Å². The van der Waals surface area contributed by atoms with E-state index in [4.69, 9.17) is 0 Å². The Kier molecular flexibility index (Phi) is 1.76. The lowest BCUT2D eigenvalue weighted by Crippen LogP contribution is -2.31. The molecule has 0 unspecified atom stereocenters. The maximum absolute atomic E-state index is 11.3. The molecule has 1 heterocycles. The summed E-state index contributed by atoms with van der Waals surface area (Å²) in [6.07, 6.45) is 5.29. The fraction of sp³-hybridized carbons (Fsp3) is 0.778. The number of ketones is 1. The van der Waals surface area contributed by atoms with Crippen molar-refractivity contribution in [2.75, 3.05) is 6.54 Å². The summed E-state index contributed by atoms with van der Waals surface area (Å²) in [5, 5.41) is 0. The van der Waals surface area contributed by atoms with Gasteiger partial charge in [0.25, 0.3) is 0 Å². The molecule has 0 aromatic rings. The number of carbonyl (C=O) groups excluding carboxylic acids is 1. The van der Waals surface area contributed by atoms with Gasteiger partial charge in [0.1, 0.15) is 5.78 Å². The Morgan fingerprint density at radius 1 is 1.27 bits per heavy atom. The lowest BCUT2D eigenvalue weighted by molar-refractivity contribution is -0.121. The SMILES string of the molecule is O=C1CCN=C2CCCC[C@@H]12. The second-order valence-corrected chi connectivity index (χ2v) is 3.39. The maximum Gasteiger partial charge on any atom is 0.143 e. The van der Waals surface area contributed by atoms with Crippen LogP contribution in [0.5, 0.6) is 0 Å². The Bertz CT molecular complexity index is 208. The van der Waals surface area contributed by atoms with Crippen molar-refractivity contribution >= 4 is 11.5 Å². The second kappa shape index (κ2) is 2.76. The van der Waals surface area contributed by atoms with Crippen LogP contribution in [0.3, 0.4) is 0 Å². The van der Waals surface area contributed by atoms with Gasteiger partial charge in [0.15, 0.2) is 0 Å². The first-order valence-corrected chi connectivity index (χ1v) is 4.44. The quantitative estimate of drug-likeness (QED) is 0.517. The number of rotatable bonds is 0. The van der Waals surface area contributed by atoms with Crippen molar-refractivity contribution < 1.29 is 4.79 Å². The van der Waals surface area contributed by atoms with E-state index in [2.05, 4.69) is 4.99 Å². The first-order chi connectivity index (χ1) is 5.38. The summed E-state index contributed by atoms with van der Waals surface area (Å²) in [5.41, 5.74) is 1.20. The van der Waals surface area contributed by atoms with Crippen molar-refractivity contribution in [1.29, 1.82) is 0 Å². The Morgan fingerprint density at radius 3 is 3.00 bits per heavy atom. The maximum atomic E-state index is 11.3. The van der Waals surface area contributed by atoms with Crippen LogP contribution in [0.15, 0.2) is 4.99 Å². The zero-order valence-corrected chi connectivity index (χ0v) is 6.68. The van der Waals surface area contributed by atoms with Crippen LogP contribution in [0.2, 0.25) is 0 Å². The Balaban J connectivity index is 2.19. The summed E-state index contributed by atoms with van der Waals surface area (Å²) in [5.74, 6) is 0.673. The molecule has 0 saturated heterocycles. The third-order valence-electron chi connectivity index (χ3n) is 2.64. The first-order valence-electron chi connectivity index (χ1n) is 4.44. The van der Waals surface area contributed by atoms with Crippen molar-refractivity contribution in [1.82, 2.24) is 0 Å². The highest BCUT2D eigenvalue weighted by Gasteiger charge is 2.28. The molecule has 0 bridgehead atoms. The van der Waals surface area contributed by atoms with Gasteiger partial charge in [0.05, 0.1) is 5.92 Å². The Labute approximate surface area is 66.7 Å². The fourth-order valence-corrected chi connectivity index (χ4v) is 2.02. The fourth-order valence-electron chi connectivity index (χ4n) is 2.02. The zero-order valence-electron chi connectivity index (χ0n) is 6.68. The minimum atomic E-state index is 0.234. The predicted molar refractivity (Wildman–Crippen MR) is 43.9 cm³/mol. The molecule has 0 amide bonds. The number of Topliss-reactive ketones (excluding diaryl/α,β-unsaturated/α-hetero) is 1. The summed E-state index contributed by atoms with van der Waals surface area (Å²) in [6.45, 7) is 0.755. The topological polar surface area (TPSA) is 29.4 Å². The molecule has 2 rings (SSSR count). The number of fused-ring (bicyclic) bond motifs is 1. The molecule has 0 spiro atoms. The van der Waals surface area contributed by atoms with Crippen LogP contribution in [-0.4, -0.2) is 18.0 Å². The van der Waals surface area contributed by atoms with E-state index in [1.807, 2.05) is 0 Å². The third-order valence-corrected chi connectivity index (χ3v) is 2.64. The average Bonchev–Trinajstić information content (AvgIpc) is 2.06. The molecule has 2 aliphatic rings. The van der Waals surface area contributed by atoms with Crippen molar-refractivity contribution in [3.63, 3.8) is 0 Å². The number of nitrogens with zero attached hydrogens (tertiary/aromatic N) is 1. The standard InChI is InChI=1S/C9H13NO/c11-9-5-6-10-8-4-2-1-3-7(8)9/h7H,1-6H2/t7-/m1/s1. The van der Waals surface area contributed by atoms with Gasteiger partial charge in [-0.25, -0.2) is 0 Å². The molecule has 0 aromatic heterocycles. The summed E-state index contributed by atoms with van der Waals surface area (Å²) in [4.78, 5) is 15.7. The molecular weight excluding hydrogens is 138 g/mol. The number of hydrogen-bond donors (Lipinski definition) is 0. The van der Waals surface area contributed by atoms with Gasteiger partial charge in [-0.2, -0.15) is 0 Å². The molecule has 1 aliphatic carbocycles.